The van der Waals surface area contributed by atoms with Crippen LogP contribution < -0.4 is 11.4 Å². The van der Waals surface area contributed by atoms with E-state index < -0.39 is 5.69 Å². The molecule has 0 aliphatic heterocycles. The van der Waals surface area contributed by atoms with Crippen LogP contribution in [0.5, 0.6) is 0 Å². The topological polar surface area (TPSA) is 59.8 Å². The van der Waals surface area contributed by atoms with Crippen LogP contribution in [-0.4, -0.2) is 14.3 Å². The number of aromatic amines is 1. The molecule has 1 aromatic carbocycles. The van der Waals surface area contributed by atoms with Crippen LogP contribution in [-0.2, 0) is 7.05 Å². The average Bonchev–Trinajstić information content (AvgIpc) is 2.62. The molecule has 5 nitrogen and oxygen atoms in total. The summed E-state index contributed by atoms with van der Waals surface area (Å²) in [5, 5.41) is 2.60. The number of hydrogen-bond donors (Lipinski definition) is 1. The highest BCUT2D eigenvalue weighted by molar-refractivity contribution is 5.57. The first-order chi connectivity index (χ1) is 8.77. The molecule has 0 saturated heterocycles. The molecule has 0 bridgehead atoms. The van der Waals surface area contributed by atoms with Crippen LogP contribution in [0.15, 0.2) is 9.59 Å². The Labute approximate surface area is 111 Å². The van der Waals surface area contributed by atoms with Crippen LogP contribution >= 0.6 is 0 Å². The van der Waals surface area contributed by atoms with Gasteiger partial charge in [0.05, 0.1) is 5.69 Å². The van der Waals surface area contributed by atoms with Crippen molar-refractivity contribution in [3.63, 3.8) is 0 Å². The van der Waals surface area contributed by atoms with Gasteiger partial charge in [0, 0.05) is 7.05 Å². The van der Waals surface area contributed by atoms with Crippen molar-refractivity contribution in [1.29, 1.82) is 0 Å². The molecule has 1 N–H and O–H groups in total. The van der Waals surface area contributed by atoms with Crippen LogP contribution in [0.3, 0.4) is 0 Å². The van der Waals surface area contributed by atoms with Gasteiger partial charge in [0.15, 0.2) is 0 Å². The van der Waals surface area contributed by atoms with E-state index in [-0.39, 0.29) is 5.69 Å². The predicted molar refractivity (Wildman–Crippen MR) is 75.3 cm³/mol. The minimum absolute atomic E-state index is 0.348. The van der Waals surface area contributed by atoms with Crippen molar-refractivity contribution in [3.8, 4) is 5.69 Å². The Morgan fingerprint density at radius 1 is 0.789 bits per heavy atom. The fourth-order valence-corrected chi connectivity index (χ4v) is 2.42. The summed E-state index contributed by atoms with van der Waals surface area (Å²) in [6.45, 7) is 10.1. The van der Waals surface area contributed by atoms with E-state index in [9.17, 15) is 9.59 Å². The maximum Gasteiger partial charge on any atom is 0.351 e. The monoisotopic (exact) mass is 261 g/mol. The van der Waals surface area contributed by atoms with E-state index in [1.54, 1.807) is 0 Å². The Morgan fingerprint density at radius 3 is 1.58 bits per heavy atom. The molecule has 0 amide bonds. The molecule has 0 saturated carbocycles. The smallest absolute Gasteiger partial charge is 0.246 e. The highest BCUT2D eigenvalue weighted by Gasteiger charge is 2.17. The quantitative estimate of drug-likeness (QED) is 0.843. The van der Waals surface area contributed by atoms with Gasteiger partial charge in [-0.05, 0) is 62.4 Å². The van der Waals surface area contributed by atoms with Crippen molar-refractivity contribution >= 4 is 0 Å². The van der Waals surface area contributed by atoms with Gasteiger partial charge in [0.1, 0.15) is 0 Å². The van der Waals surface area contributed by atoms with Crippen LogP contribution in [0.2, 0.25) is 0 Å². The Balaban J connectivity index is 2.95. The summed E-state index contributed by atoms with van der Waals surface area (Å²) in [6.07, 6.45) is 0. The van der Waals surface area contributed by atoms with Crippen LogP contribution in [0, 0.1) is 34.6 Å². The van der Waals surface area contributed by atoms with Gasteiger partial charge < -0.3 is 0 Å². The molecule has 5 heteroatoms. The Morgan fingerprint density at radius 2 is 1.21 bits per heavy atom. The van der Waals surface area contributed by atoms with Crippen molar-refractivity contribution in [2.45, 2.75) is 34.6 Å². The summed E-state index contributed by atoms with van der Waals surface area (Å²) in [6, 6.07) is 0. The molecule has 0 fully saturated rings. The number of nitrogens with one attached hydrogen (secondary N) is 1. The molecule has 0 aliphatic carbocycles. The SMILES string of the molecule is Cc1c(C)c(C)c(-n2[nH]c(=O)n(C)c2=O)c(C)c1C. The number of benzene rings is 1. The zero-order valence-electron chi connectivity index (χ0n) is 12.2. The summed E-state index contributed by atoms with van der Waals surface area (Å²) < 4.78 is 2.41. The third-order valence-electron chi connectivity index (χ3n) is 4.17. The van der Waals surface area contributed by atoms with Crippen LogP contribution in [0.25, 0.3) is 5.69 Å². The van der Waals surface area contributed by atoms with Crippen molar-refractivity contribution in [1.82, 2.24) is 14.3 Å². The van der Waals surface area contributed by atoms with Gasteiger partial charge in [-0.2, -0.15) is 0 Å². The van der Waals surface area contributed by atoms with Gasteiger partial charge in [-0.1, -0.05) is 0 Å². The fraction of sp³-hybridized carbons (Fsp3) is 0.429. The number of nitrogens with zero attached hydrogens (tertiary/aromatic N) is 2. The molecule has 1 heterocycles. The van der Waals surface area contributed by atoms with E-state index >= 15 is 0 Å². The second-order valence-corrected chi connectivity index (χ2v) is 5.07. The Kier molecular flexibility index (Phi) is 3.00. The normalized spacial score (nSPS) is 11.1. The van der Waals surface area contributed by atoms with E-state index in [1.807, 2.05) is 27.7 Å². The van der Waals surface area contributed by atoms with Gasteiger partial charge >= 0.3 is 11.4 Å². The van der Waals surface area contributed by atoms with Gasteiger partial charge in [0.25, 0.3) is 0 Å². The molecule has 1 aromatic heterocycles. The first kappa shape index (κ1) is 13.4. The van der Waals surface area contributed by atoms with Gasteiger partial charge in [-0.15, -0.1) is 0 Å². The molecule has 2 aromatic rings. The minimum Gasteiger partial charge on any atom is -0.246 e. The minimum atomic E-state index is -0.403. The average molecular weight is 261 g/mol. The van der Waals surface area contributed by atoms with E-state index in [0.29, 0.717) is 0 Å². The lowest BCUT2D eigenvalue weighted by molar-refractivity contribution is 0.786. The Bertz CT molecular complexity index is 746. The molecule has 0 aliphatic rings. The summed E-state index contributed by atoms with van der Waals surface area (Å²) in [4.78, 5) is 23.7. The molecular weight excluding hydrogens is 242 g/mol. The van der Waals surface area contributed by atoms with Gasteiger partial charge in [0.2, 0.25) is 0 Å². The standard InChI is InChI=1S/C14H19N3O2/c1-7-8(2)10(4)12(11(5)9(7)3)17-14(19)16(6)13(18)15-17/h1-6H3,(H,15,18). The molecular formula is C14H19N3O2. The largest absolute Gasteiger partial charge is 0.351 e. The molecule has 0 radical (unpaired) electrons. The summed E-state index contributed by atoms with van der Waals surface area (Å²) in [7, 11) is 1.47. The van der Waals surface area contributed by atoms with E-state index in [1.165, 1.54) is 17.3 Å². The van der Waals surface area contributed by atoms with E-state index in [0.717, 1.165) is 32.5 Å². The highest BCUT2D eigenvalue weighted by Crippen LogP contribution is 2.27. The van der Waals surface area contributed by atoms with Crippen LogP contribution in [0.4, 0.5) is 0 Å². The number of rotatable bonds is 1. The Hall–Kier alpha value is -2.04. The number of hydrogen-bond acceptors (Lipinski definition) is 2. The molecule has 0 atom stereocenters. The van der Waals surface area contributed by atoms with Crippen LogP contribution in [0.1, 0.15) is 27.8 Å². The predicted octanol–water partition coefficient (Wildman–Crippen LogP) is 1.41. The van der Waals surface area contributed by atoms with Crippen molar-refractivity contribution < 1.29 is 0 Å². The van der Waals surface area contributed by atoms with Crippen molar-refractivity contribution in [2.24, 2.45) is 7.05 Å². The number of aromatic nitrogens is 3. The molecule has 0 spiro atoms. The van der Waals surface area contributed by atoms with Crippen molar-refractivity contribution in [2.75, 3.05) is 0 Å². The summed E-state index contributed by atoms with van der Waals surface area (Å²) in [5.41, 5.74) is 5.59. The zero-order valence-corrected chi connectivity index (χ0v) is 12.2. The van der Waals surface area contributed by atoms with Gasteiger partial charge in [-0.3, -0.25) is 0 Å². The molecule has 19 heavy (non-hydrogen) atoms. The first-order valence-corrected chi connectivity index (χ1v) is 6.22. The fourth-order valence-electron chi connectivity index (χ4n) is 2.42. The lowest BCUT2D eigenvalue weighted by Crippen LogP contribution is -2.26. The number of H-pyrrole nitrogens is 1. The van der Waals surface area contributed by atoms with Crippen molar-refractivity contribution in [3.05, 3.63) is 48.8 Å². The van der Waals surface area contributed by atoms with E-state index in [2.05, 4.69) is 12.0 Å². The molecule has 2 rings (SSSR count). The maximum absolute atomic E-state index is 12.1. The van der Waals surface area contributed by atoms with E-state index in [4.69, 9.17) is 0 Å². The zero-order chi connectivity index (χ0) is 14.5. The lowest BCUT2D eigenvalue weighted by Gasteiger charge is -2.18. The third kappa shape index (κ3) is 1.77. The molecule has 102 valence electrons. The first-order valence-electron chi connectivity index (χ1n) is 6.22. The third-order valence-corrected chi connectivity index (χ3v) is 4.17. The summed E-state index contributed by atoms with van der Waals surface area (Å²) >= 11 is 0. The van der Waals surface area contributed by atoms with Gasteiger partial charge in [-0.25, -0.2) is 23.9 Å². The second kappa shape index (κ2) is 4.26. The highest BCUT2D eigenvalue weighted by atomic mass is 16.2. The second-order valence-electron chi connectivity index (χ2n) is 5.07. The summed E-state index contributed by atoms with van der Waals surface area (Å²) in [5.74, 6) is 0. The molecule has 0 unspecified atom stereocenters. The lowest BCUT2D eigenvalue weighted by atomic mass is 9.93. The maximum atomic E-state index is 12.1.